The van der Waals surface area contributed by atoms with Gasteiger partial charge < -0.3 is 5.84 Å². The minimum absolute atomic E-state index is 1.14. The van der Waals surface area contributed by atoms with Gasteiger partial charge in [0.05, 0.1) is 6.21 Å². The van der Waals surface area contributed by atoms with Crippen molar-refractivity contribution in [2.45, 2.75) is 20.8 Å². The number of rotatable bonds is 1. The van der Waals surface area contributed by atoms with Gasteiger partial charge in [-0.15, -0.1) is 0 Å². The number of aryl methyl sites for hydroxylation is 2. The Kier molecular flexibility index (Phi) is 2.48. The maximum atomic E-state index is 5.12. The lowest BCUT2D eigenvalue weighted by molar-refractivity contribution is 1.24. The van der Waals surface area contributed by atoms with Crippen LogP contribution in [-0.2, 0) is 0 Å². The highest BCUT2D eigenvalue weighted by molar-refractivity contribution is 5.83. The summed E-state index contributed by atoms with van der Waals surface area (Å²) in [4.78, 5) is 0. The van der Waals surface area contributed by atoms with E-state index in [2.05, 4.69) is 38.0 Å². The highest BCUT2D eigenvalue weighted by Crippen LogP contribution is 2.15. The molecule has 1 aromatic carbocycles. The van der Waals surface area contributed by atoms with Gasteiger partial charge in [-0.05, 0) is 37.5 Å². The van der Waals surface area contributed by atoms with Gasteiger partial charge in [0.2, 0.25) is 0 Å². The zero-order valence-electron chi connectivity index (χ0n) is 7.76. The highest BCUT2D eigenvalue weighted by Gasteiger charge is 2.01. The molecule has 12 heavy (non-hydrogen) atoms. The number of hydrogen-bond donors (Lipinski definition) is 1. The smallest absolute Gasteiger partial charge is 0.0543 e. The first-order valence-corrected chi connectivity index (χ1v) is 3.97. The van der Waals surface area contributed by atoms with Crippen molar-refractivity contribution in [3.8, 4) is 0 Å². The number of nitrogens with two attached hydrogens (primary N) is 1. The summed E-state index contributed by atoms with van der Waals surface area (Å²) in [6, 6.07) is 4.19. The molecule has 0 atom stereocenters. The SMILES string of the molecule is Cc1ccc(C)c(/C=N\N)c1C. The van der Waals surface area contributed by atoms with E-state index >= 15 is 0 Å². The Labute approximate surface area is 73.1 Å². The average molecular weight is 162 g/mol. The van der Waals surface area contributed by atoms with E-state index in [1.54, 1.807) is 6.21 Å². The van der Waals surface area contributed by atoms with Crippen molar-refractivity contribution in [3.63, 3.8) is 0 Å². The van der Waals surface area contributed by atoms with Crippen LogP contribution in [0.3, 0.4) is 0 Å². The van der Waals surface area contributed by atoms with E-state index in [-0.39, 0.29) is 0 Å². The zero-order valence-corrected chi connectivity index (χ0v) is 7.76. The van der Waals surface area contributed by atoms with Crippen molar-refractivity contribution in [3.05, 3.63) is 34.4 Å². The van der Waals surface area contributed by atoms with E-state index in [4.69, 9.17) is 5.84 Å². The molecule has 0 amide bonds. The van der Waals surface area contributed by atoms with Crippen molar-refractivity contribution in [2.75, 3.05) is 0 Å². The van der Waals surface area contributed by atoms with E-state index in [0.717, 1.165) is 5.56 Å². The first-order chi connectivity index (χ1) is 5.66. The Bertz CT molecular complexity index is 314. The molecule has 0 aliphatic heterocycles. The standard InChI is InChI=1S/C10H14N2/c1-7-4-5-8(2)10(6-12-11)9(7)3/h4-6H,11H2,1-3H3/b12-6-. The second-order valence-corrected chi connectivity index (χ2v) is 3.02. The molecule has 0 fully saturated rings. The summed E-state index contributed by atoms with van der Waals surface area (Å²) in [5.74, 6) is 5.12. The van der Waals surface area contributed by atoms with Gasteiger partial charge in [0.25, 0.3) is 0 Å². The minimum Gasteiger partial charge on any atom is -0.323 e. The quantitative estimate of drug-likeness (QED) is 0.382. The van der Waals surface area contributed by atoms with Gasteiger partial charge in [-0.2, -0.15) is 5.10 Å². The Morgan fingerprint density at radius 1 is 1.17 bits per heavy atom. The lowest BCUT2D eigenvalue weighted by Gasteiger charge is -2.06. The van der Waals surface area contributed by atoms with E-state index < -0.39 is 0 Å². The molecule has 64 valence electrons. The summed E-state index contributed by atoms with van der Waals surface area (Å²) < 4.78 is 0. The topological polar surface area (TPSA) is 38.4 Å². The van der Waals surface area contributed by atoms with Crippen molar-refractivity contribution in [1.29, 1.82) is 0 Å². The van der Waals surface area contributed by atoms with E-state index in [0.29, 0.717) is 0 Å². The summed E-state index contributed by atoms with van der Waals surface area (Å²) in [5, 5.41) is 3.54. The molecule has 0 unspecified atom stereocenters. The molecule has 0 aromatic heterocycles. The molecule has 0 aliphatic carbocycles. The third kappa shape index (κ3) is 1.47. The lowest BCUT2D eigenvalue weighted by Crippen LogP contribution is -1.96. The van der Waals surface area contributed by atoms with E-state index in [1.807, 2.05) is 0 Å². The Morgan fingerprint density at radius 3 is 2.33 bits per heavy atom. The number of benzene rings is 1. The van der Waals surface area contributed by atoms with Gasteiger partial charge in [-0.25, -0.2) is 0 Å². The number of hydrogen-bond acceptors (Lipinski definition) is 2. The van der Waals surface area contributed by atoms with Gasteiger partial charge >= 0.3 is 0 Å². The Morgan fingerprint density at radius 2 is 1.75 bits per heavy atom. The van der Waals surface area contributed by atoms with Crippen LogP contribution < -0.4 is 5.84 Å². The van der Waals surface area contributed by atoms with Crippen LogP contribution in [0.15, 0.2) is 17.2 Å². The summed E-state index contributed by atoms with van der Waals surface area (Å²) >= 11 is 0. The molecule has 0 saturated carbocycles. The second-order valence-electron chi connectivity index (χ2n) is 3.02. The molecule has 0 bridgehead atoms. The second kappa shape index (κ2) is 3.39. The van der Waals surface area contributed by atoms with Crippen molar-refractivity contribution in [1.82, 2.24) is 0 Å². The maximum Gasteiger partial charge on any atom is 0.0543 e. The van der Waals surface area contributed by atoms with Crippen molar-refractivity contribution in [2.24, 2.45) is 10.9 Å². The van der Waals surface area contributed by atoms with Crippen LogP contribution >= 0.6 is 0 Å². The van der Waals surface area contributed by atoms with Crippen LogP contribution in [0.4, 0.5) is 0 Å². The van der Waals surface area contributed by atoms with Gasteiger partial charge in [0.1, 0.15) is 0 Å². The van der Waals surface area contributed by atoms with E-state index in [9.17, 15) is 0 Å². The lowest BCUT2D eigenvalue weighted by atomic mass is 9.99. The molecule has 0 aliphatic rings. The molecule has 0 heterocycles. The Hall–Kier alpha value is -1.31. The molecule has 0 saturated heterocycles. The van der Waals surface area contributed by atoms with E-state index in [1.165, 1.54) is 16.7 Å². The first kappa shape index (κ1) is 8.78. The molecule has 1 aromatic rings. The molecular weight excluding hydrogens is 148 g/mol. The largest absolute Gasteiger partial charge is 0.323 e. The van der Waals surface area contributed by atoms with Crippen LogP contribution in [-0.4, -0.2) is 6.21 Å². The molecular formula is C10H14N2. The summed E-state index contributed by atoms with van der Waals surface area (Å²) in [5.41, 5.74) is 4.88. The molecule has 0 spiro atoms. The predicted molar refractivity (Wildman–Crippen MR) is 52.4 cm³/mol. The normalized spacial score (nSPS) is 10.9. The molecule has 0 radical (unpaired) electrons. The monoisotopic (exact) mass is 162 g/mol. The van der Waals surface area contributed by atoms with Gasteiger partial charge in [0, 0.05) is 5.56 Å². The van der Waals surface area contributed by atoms with Crippen LogP contribution in [0.2, 0.25) is 0 Å². The zero-order chi connectivity index (χ0) is 9.14. The van der Waals surface area contributed by atoms with Gasteiger partial charge in [-0.3, -0.25) is 0 Å². The summed E-state index contributed by atoms with van der Waals surface area (Å²) in [7, 11) is 0. The molecule has 2 nitrogen and oxygen atoms in total. The number of hydrazone groups is 1. The molecule has 2 N–H and O–H groups in total. The fourth-order valence-corrected chi connectivity index (χ4v) is 1.25. The van der Waals surface area contributed by atoms with Crippen LogP contribution in [0.5, 0.6) is 0 Å². The van der Waals surface area contributed by atoms with Crippen LogP contribution in [0.1, 0.15) is 22.3 Å². The van der Waals surface area contributed by atoms with Crippen molar-refractivity contribution < 1.29 is 0 Å². The summed E-state index contributed by atoms with van der Waals surface area (Å²) in [6.45, 7) is 6.23. The minimum atomic E-state index is 1.14. The highest BCUT2D eigenvalue weighted by atomic mass is 15.1. The van der Waals surface area contributed by atoms with Crippen LogP contribution in [0.25, 0.3) is 0 Å². The van der Waals surface area contributed by atoms with Crippen molar-refractivity contribution >= 4 is 6.21 Å². The third-order valence-electron chi connectivity index (χ3n) is 2.21. The average Bonchev–Trinajstić information content (AvgIpc) is 2.06. The fourth-order valence-electron chi connectivity index (χ4n) is 1.25. The Balaban J connectivity index is 3.32. The molecule has 1 rings (SSSR count). The number of nitrogens with zero attached hydrogens (tertiary/aromatic N) is 1. The van der Waals surface area contributed by atoms with Gasteiger partial charge in [-0.1, -0.05) is 12.1 Å². The van der Waals surface area contributed by atoms with Gasteiger partial charge in [0.15, 0.2) is 0 Å². The third-order valence-corrected chi connectivity index (χ3v) is 2.21. The molecule has 2 heteroatoms. The maximum absolute atomic E-state index is 5.12. The fraction of sp³-hybridized carbons (Fsp3) is 0.300. The summed E-state index contributed by atoms with van der Waals surface area (Å²) in [6.07, 6.45) is 1.71. The predicted octanol–water partition coefficient (Wildman–Crippen LogP) is 1.90. The van der Waals surface area contributed by atoms with Crippen LogP contribution in [0, 0.1) is 20.8 Å². The first-order valence-electron chi connectivity index (χ1n) is 3.97.